The van der Waals surface area contributed by atoms with Crippen LogP contribution in [-0.4, -0.2) is 36.7 Å². The van der Waals surface area contributed by atoms with E-state index in [-0.39, 0.29) is 17.3 Å². The monoisotopic (exact) mass is 523 g/mol. The predicted molar refractivity (Wildman–Crippen MR) is 142 cm³/mol. The minimum Gasteiger partial charge on any atom is -0.467 e. The van der Waals surface area contributed by atoms with Crippen LogP contribution in [0.1, 0.15) is 47.0 Å². The Morgan fingerprint density at radius 1 is 1.14 bits per heavy atom. The minimum absolute atomic E-state index is 0.206. The van der Waals surface area contributed by atoms with Gasteiger partial charge in [0.2, 0.25) is 10.0 Å². The van der Waals surface area contributed by atoms with Gasteiger partial charge in [-0.15, -0.1) is 0 Å². The van der Waals surface area contributed by atoms with Crippen molar-refractivity contribution in [2.45, 2.75) is 45.1 Å². The van der Waals surface area contributed by atoms with E-state index in [0.717, 1.165) is 34.2 Å². The number of furan rings is 1. The number of nitrogens with zero attached hydrogens (tertiary/aromatic N) is 3. The summed E-state index contributed by atoms with van der Waals surface area (Å²) in [7, 11) is -3.59. The number of rotatable bonds is 6. The smallest absolute Gasteiger partial charge is 0.260 e. The van der Waals surface area contributed by atoms with Gasteiger partial charge in [0.05, 0.1) is 27.9 Å². The van der Waals surface area contributed by atoms with E-state index in [2.05, 4.69) is 13.0 Å². The van der Waals surface area contributed by atoms with E-state index in [0.29, 0.717) is 35.5 Å². The zero-order chi connectivity index (χ0) is 25.4. The number of carbonyl (C=O) groups is 1. The lowest BCUT2D eigenvalue weighted by Gasteiger charge is -2.30. The first kappa shape index (κ1) is 24.7. The van der Waals surface area contributed by atoms with Gasteiger partial charge in [0.25, 0.3) is 5.91 Å². The summed E-state index contributed by atoms with van der Waals surface area (Å²) in [6, 6.07) is 13.9. The van der Waals surface area contributed by atoms with E-state index in [1.165, 1.54) is 23.5 Å². The normalized spacial score (nSPS) is 16.9. The number of fused-ring (bicyclic) bond motifs is 1. The van der Waals surface area contributed by atoms with Crippen molar-refractivity contribution < 1.29 is 17.6 Å². The number of sulfonamides is 1. The van der Waals surface area contributed by atoms with Gasteiger partial charge in [-0.2, -0.15) is 4.31 Å². The predicted octanol–water partition coefficient (Wildman–Crippen LogP) is 5.77. The topological polar surface area (TPSA) is 83.7 Å². The molecule has 0 spiro atoms. The first-order valence-corrected chi connectivity index (χ1v) is 14.3. The highest BCUT2D eigenvalue weighted by Gasteiger charge is 2.29. The number of piperidine rings is 1. The first-order valence-electron chi connectivity index (χ1n) is 12.1. The Kier molecular flexibility index (Phi) is 6.72. The molecule has 2 aromatic heterocycles. The van der Waals surface area contributed by atoms with Gasteiger partial charge >= 0.3 is 0 Å². The molecule has 1 amide bonds. The number of carbonyl (C=O) groups excluding carboxylic acids is 1. The van der Waals surface area contributed by atoms with Crippen LogP contribution in [0.2, 0.25) is 0 Å². The summed E-state index contributed by atoms with van der Waals surface area (Å²) in [5, 5.41) is 0.572. The Labute approximate surface area is 215 Å². The van der Waals surface area contributed by atoms with Crippen molar-refractivity contribution in [3.05, 3.63) is 77.2 Å². The van der Waals surface area contributed by atoms with Crippen molar-refractivity contribution in [1.82, 2.24) is 9.29 Å². The molecule has 0 radical (unpaired) electrons. The summed E-state index contributed by atoms with van der Waals surface area (Å²) in [6.07, 6.45) is 3.47. The number of benzene rings is 2. The maximum atomic E-state index is 13.7. The first-order chi connectivity index (χ1) is 17.2. The van der Waals surface area contributed by atoms with Crippen LogP contribution >= 0.6 is 11.3 Å². The molecule has 5 rings (SSSR count). The summed E-state index contributed by atoms with van der Waals surface area (Å²) in [5.74, 6) is 0.705. The van der Waals surface area contributed by atoms with E-state index >= 15 is 0 Å². The lowest BCUT2D eigenvalue weighted by Crippen LogP contribution is -2.39. The number of aryl methyl sites for hydroxylation is 2. The van der Waals surface area contributed by atoms with Crippen LogP contribution in [-0.2, 0) is 16.6 Å². The summed E-state index contributed by atoms with van der Waals surface area (Å²) >= 11 is 1.47. The van der Waals surface area contributed by atoms with E-state index < -0.39 is 10.0 Å². The van der Waals surface area contributed by atoms with E-state index in [4.69, 9.17) is 9.40 Å². The Balaban J connectivity index is 1.47. The average molecular weight is 524 g/mol. The number of anilines is 1. The van der Waals surface area contributed by atoms with Gasteiger partial charge in [0.15, 0.2) is 5.13 Å². The lowest BCUT2D eigenvalue weighted by atomic mass is 10.0. The Morgan fingerprint density at radius 3 is 2.56 bits per heavy atom. The second-order valence-corrected chi connectivity index (χ2v) is 12.4. The SMILES string of the molecule is Cc1ccc(C)c2sc(N(Cc3ccco3)C(=O)c3ccc(S(=O)(=O)N4CCCC(C)C4)cc3)nc12. The summed E-state index contributed by atoms with van der Waals surface area (Å²) in [4.78, 5) is 20.3. The van der Waals surface area contributed by atoms with Crippen LogP contribution in [0, 0.1) is 19.8 Å². The molecule has 0 bridgehead atoms. The molecule has 7 nitrogen and oxygen atoms in total. The maximum Gasteiger partial charge on any atom is 0.260 e. The van der Waals surface area contributed by atoms with Crippen molar-refractivity contribution in [2.24, 2.45) is 5.92 Å². The van der Waals surface area contributed by atoms with Gasteiger partial charge in [0.1, 0.15) is 5.76 Å². The molecule has 1 unspecified atom stereocenters. The van der Waals surface area contributed by atoms with Gasteiger partial charge in [-0.05, 0) is 80.1 Å². The van der Waals surface area contributed by atoms with Gasteiger partial charge in [0, 0.05) is 18.7 Å². The van der Waals surface area contributed by atoms with Crippen LogP contribution < -0.4 is 4.90 Å². The number of hydrogen-bond donors (Lipinski definition) is 0. The molecule has 0 N–H and O–H groups in total. The highest BCUT2D eigenvalue weighted by molar-refractivity contribution is 7.89. The second-order valence-electron chi connectivity index (χ2n) is 9.48. The Morgan fingerprint density at radius 2 is 1.89 bits per heavy atom. The molecule has 9 heteroatoms. The van der Waals surface area contributed by atoms with Crippen molar-refractivity contribution in [1.29, 1.82) is 0 Å². The van der Waals surface area contributed by atoms with Gasteiger partial charge in [-0.1, -0.05) is 30.4 Å². The van der Waals surface area contributed by atoms with E-state index in [1.807, 2.05) is 26.0 Å². The largest absolute Gasteiger partial charge is 0.467 e. The van der Waals surface area contributed by atoms with Crippen molar-refractivity contribution in [2.75, 3.05) is 18.0 Å². The molecule has 1 atom stereocenters. The average Bonchev–Trinajstić information content (AvgIpc) is 3.55. The highest BCUT2D eigenvalue weighted by Crippen LogP contribution is 2.34. The third kappa shape index (κ3) is 4.70. The molecule has 188 valence electrons. The Hall–Kier alpha value is -3.01. The molecule has 0 saturated carbocycles. The minimum atomic E-state index is -3.59. The van der Waals surface area contributed by atoms with Gasteiger partial charge in [-0.25, -0.2) is 13.4 Å². The lowest BCUT2D eigenvalue weighted by molar-refractivity contribution is 0.0983. The molecular formula is C27H29N3O4S2. The zero-order valence-electron chi connectivity index (χ0n) is 20.6. The number of amides is 1. The summed E-state index contributed by atoms with van der Waals surface area (Å²) < 4.78 is 34.4. The molecule has 1 saturated heterocycles. The maximum absolute atomic E-state index is 13.7. The standard InChI is InChI=1S/C27H29N3O4S2/c1-18-6-4-14-29(16-18)36(32,33)23-12-10-21(11-13-23)26(31)30(17-22-7-5-15-34-22)27-28-24-19(2)8-9-20(3)25(24)35-27/h5,7-13,15,18H,4,6,14,16-17H2,1-3H3. The van der Waals surface area contributed by atoms with Gasteiger partial charge < -0.3 is 4.42 Å². The number of thiazole rings is 1. The summed E-state index contributed by atoms with van der Waals surface area (Å²) in [5.41, 5.74) is 3.42. The van der Waals surface area contributed by atoms with E-state index in [9.17, 15) is 13.2 Å². The zero-order valence-corrected chi connectivity index (χ0v) is 22.2. The molecular weight excluding hydrogens is 494 g/mol. The van der Waals surface area contributed by atoms with Crippen LogP contribution in [0.4, 0.5) is 5.13 Å². The fourth-order valence-electron chi connectivity index (χ4n) is 4.59. The summed E-state index contributed by atoms with van der Waals surface area (Å²) in [6.45, 7) is 7.38. The van der Waals surface area contributed by atoms with Crippen molar-refractivity contribution >= 4 is 42.6 Å². The van der Waals surface area contributed by atoms with Crippen molar-refractivity contribution in [3.8, 4) is 0 Å². The molecule has 1 fully saturated rings. The van der Waals surface area contributed by atoms with Crippen LogP contribution in [0.5, 0.6) is 0 Å². The molecule has 3 heterocycles. The molecule has 0 aliphatic carbocycles. The molecule has 4 aromatic rings. The van der Waals surface area contributed by atoms with E-state index in [1.54, 1.807) is 33.7 Å². The van der Waals surface area contributed by atoms with Crippen LogP contribution in [0.3, 0.4) is 0 Å². The fraction of sp³-hybridized carbons (Fsp3) is 0.333. The number of aromatic nitrogens is 1. The third-order valence-corrected chi connectivity index (χ3v) is 9.75. The van der Waals surface area contributed by atoms with Crippen LogP contribution in [0.25, 0.3) is 10.2 Å². The highest BCUT2D eigenvalue weighted by atomic mass is 32.2. The molecule has 1 aliphatic heterocycles. The molecule has 36 heavy (non-hydrogen) atoms. The molecule has 2 aromatic carbocycles. The third-order valence-electron chi connectivity index (χ3n) is 6.66. The second kappa shape index (κ2) is 9.80. The van der Waals surface area contributed by atoms with Gasteiger partial charge in [-0.3, -0.25) is 9.69 Å². The number of hydrogen-bond acceptors (Lipinski definition) is 6. The quantitative estimate of drug-likeness (QED) is 0.320. The van der Waals surface area contributed by atoms with Crippen molar-refractivity contribution in [3.63, 3.8) is 0 Å². The molecule has 1 aliphatic rings. The fourth-order valence-corrected chi connectivity index (χ4v) is 7.29. The van der Waals surface area contributed by atoms with Crippen LogP contribution in [0.15, 0.2) is 64.1 Å². The Bertz CT molecular complexity index is 1450.